The van der Waals surface area contributed by atoms with Crippen LogP contribution < -0.4 is 0 Å². The molecular weight excluding hydrogens is 378 g/mol. The maximum Gasteiger partial charge on any atom is 0.276 e. The molecule has 3 aromatic carbocycles. The third-order valence-electron chi connectivity index (χ3n) is 4.71. The fraction of sp³-hybridized carbons (Fsp3) is 0.0833. The number of allylic oxidation sites excluding steroid dienone is 1. The summed E-state index contributed by atoms with van der Waals surface area (Å²) in [4.78, 5) is 19.8. The summed E-state index contributed by atoms with van der Waals surface area (Å²) in [5.41, 5.74) is 5.89. The Morgan fingerprint density at radius 2 is 1.90 bits per heavy atom. The van der Waals surface area contributed by atoms with Crippen LogP contribution in [0.2, 0.25) is 0 Å². The van der Waals surface area contributed by atoms with Crippen molar-refractivity contribution >= 4 is 34.8 Å². The van der Waals surface area contributed by atoms with E-state index in [0.29, 0.717) is 11.5 Å². The molecule has 0 spiro atoms. The van der Waals surface area contributed by atoms with E-state index in [1.165, 1.54) is 6.07 Å². The number of hydrogen-bond donors (Lipinski definition) is 0. The summed E-state index contributed by atoms with van der Waals surface area (Å²) in [6, 6.07) is 18.3. The minimum absolute atomic E-state index is 0.0616. The topological polar surface area (TPSA) is 81.5 Å². The van der Waals surface area contributed by atoms with Gasteiger partial charge in [-0.1, -0.05) is 24.3 Å². The highest BCUT2D eigenvalue weighted by Crippen LogP contribution is 2.29. The van der Waals surface area contributed by atoms with Crippen LogP contribution in [0.3, 0.4) is 0 Å². The second-order valence-electron chi connectivity index (χ2n) is 6.94. The number of fused-ring (bicyclic) bond motifs is 1. The average Bonchev–Trinajstić information content (AvgIpc) is 3.15. The first-order valence-corrected chi connectivity index (χ1v) is 9.43. The van der Waals surface area contributed by atoms with Crippen molar-refractivity contribution in [3.63, 3.8) is 0 Å². The Labute approximate surface area is 173 Å². The van der Waals surface area contributed by atoms with Crippen LogP contribution in [0.15, 0.2) is 76.1 Å². The van der Waals surface area contributed by atoms with Crippen LogP contribution in [0.5, 0.6) is 0 Å². The van der Waals surface area contributed by atoms with E-state index in [9.17, 15) is 10.1 Å². The molecule has 0 fully saturated rings. The molecule has 1 heterocycles. The molecule has 0 saturated heterocycles. The van der Waals surface area contributed by atoms with Crippen LogP contribution in [0.4, 0.5) is 11.4 Å². The number of para-hydroxylation sites is 1. The van der Waals surface area contributed by atoms with Crippen LogP contribution >= 0.6 is 0 Å². The van der Waals surface area contributed by atoms with Gasteiger partial charge in [-0.2, -0.15) is 0 Å². The predicted octanol–water partition coefficient (Wildman–Crippen LogP) is 6.44. The second-order valence-corrected chi connectivity index (χ2v) is 6.94. The van der Waals surface area contributed by atoms with E-state index in [1.807, 2.05) is 50.2 Å². The largest absolute Gasteiger partial charge is 0.436 e. The number of rotatable bonds is 5. The van der Waals surface area contributed by atoms with Gasteiger partial charge in [0.1, 0.15) is 5.52 Å². The zero-order valence-electron chi connectivity index (χ0n) is 16.6. The monoisotopic (exact) mass is 397 g/mol. The van der Waals surface area contributed by atoms with Gasteiger partial charge in [-0.25, -0.2) is 4.98 Å². The van der Waals surface area contributed by atoms with E-state index in [-0.39, 0.29) is 5.69 Å². The molecule has 0 radical (unpaired) electrons. The van der Waals surface area contributed by atoms with Gasteiger partial charge in [-0.15, -0.1) is 0 Å². The second kappa shape index (κ2) is 8.13. The molecule has 0 atom stereocenters. The standard InChI is InChI=1S/C24H19N3O3/c1-16-9-12-20-23(14-16)30-24(26-20)19-11-10-17(2)21(15-19)25-13-5-7-18-6-3-4-8-22(18)27(28)29/h3-15H,1-2H3/b7-5-,25-13?. The fourth-order valence-electron chi connectivity index (χ4n) is 3.10. The molecule has 1 aromatic heterocycles. The first kappa shape index (κ1) is 19.3. The van der Waals surface area contributed by atoms with Crippen molar-refractivity contribution in [2.75, 3.05) is 0 Å². The molecular formula is C24H19N3O3. The quantitative estimate of drug-likeness (QED) is 0.220. The number of benzene rings is 3. The molecule has 0 amide bonds. The fourth-order valence-corrected chi connectivity index (χ4v) is 3.10. The smallest absolute Gasteiger partial charge is 0.276 e. The highest BCUT2D eigenvalue weighted by Gasteiger charge is 2.10. The molecule has 4 rings (SSSR count). The highest BCUT2D eigenvalue weighted by atomic mass is 16.6. The molecule has 0 unspecified atom stereocenters. The summed E-state index contributed by atoms with van der Waals surface area (Å²) in [5.74, 6) is 0.544. The molecule has 0 saturated carbocycles. The summed E-state index contributed by atoms with van der Waals surface area (Å²) < 4.78 is 5.91. The molecule has 4 aromatic rings. The van der Waals surface area contributed by atoms with Crippen molar-refractivity contribution in [1.82, 2.24) is 4.98 Å². The Morgan fingerprint density at radius 3 is 2.73 bits per heavy atom. The van der Waals surface area contributed by atoms with Crippen molar-refractivity contribution in [3.05, 3.63) is 93.5 Å². The van der Waals surface area contributed by atoms with Gasteiger partial charge in [0.25, 0.3) is 5.69 Å². The molecule has 0 aliphatic carbocycles. The van der Waals surface area contributed by atoms with Gasteiger partial charge in [0, 0.05) is 17.8 Å². The Kier molecular flexibility index (Phi) is 5.22. The Balaban J connectivity index is 1.60. The van der Waals surface area contributed by atoms with Gasteiger partial charge in [-0.05, 0) is 67.5 Å². The Hall–Kier alpha value is -4.06. The third-order valence-corrected chi connectivity index (χ3v) is 4.71. The van der Waals surface area contributed by atoms with Gasteiger partial charge in [0.15, 0.2) is 5.58 Å². The summed E-state index contributed by atoms with van der Waals surface area (Å²) in [6.45, 7) is 3.98. The van der Waals surface area contributed by atoms with E-state index in [0.717, 1.165) is 33.5 Å². The summed E-state index contributed by atoms with van der Waals surface area (Å²) in [5, 5.41) is 11.1. The normalized spacial score (nSPS) is 11.7. The van der Waals surface area contributed by atoms with Crippen LogP contribution in [0, 0.1) is 24.0 Å². The predicted molar refractivity (Wildman–Crippen MR) is 119 cm³/mol. The first-order valence-electron chi connectivity index (χ1n) is 9.43. The number of nitro benzene ring substituents is 1. The van der Waals surface area contributed by atoms with E-state index in [4.69, 9.17) is 4.42 Å². The molecule has 0 aliphatic rings. The van der Waals surface area contributed by atoms with Crippen molar-refractivity contribution in [2.24, 2.45) is 4.99 Å². The number of aliphatic imine (C=N–C) groups is 1. The van der Waals surface area contributed by atoms with Crippen LogP contribution in [0.25, 0.3) is 28.6 Å². The van der Waals surface area contributed by atoms with Crippen molar-refractivity contribution < 1.29 is 9.34 Å². The Morgan fingerprint density at radius 1 is 1.07 bits per heavy atom. The first-order chi connectivity index (χ1) is 14.5. The lowest BCUT2D eigenvalue weighted by molar-refractivity contribution is -0.385. The molecule has 0 bridgehead atoms. The molecule has 148 valence electrons. The molecule has 6 nitrogen and oxygen atoms in total. The van der Waals surface area contributed by atoms with Crippen molar-refractivity contribution in [3.8, 4) is 11.5 Å². The molecule has 6 heteroatoms. The van der Waals surface area contributed by atoms with Gasteiger partial charge in [0.05, 0.1) is 16.2 Å². The van der Waals surface area contributed by atoms with Gasteiger partial charge in [0.2, 0.25) is 5.89 Å². The van der Waals surface area contributed by atoms with Crippen LogP contribution in [0.1, 0.15) is 16.7 Å². The minimum atomic E-state index is -0.397. The minimum Gasteiger partial charge on any atom is -0.436 e. The maximum absolute atomic E-state index is 11.1. The zero-order valence-corrected chi connectivity index (χ0v) is 16.6. The van der Waals surface area contributed by atoms with Gasteiger partial charge < -0.3 is 4.42 Å². The number of nitrogens with zero attached hydrogens (tertiary/aromatic N) is 3. The zero-order chi connectivity index (χ0) is 21.1. The van der Waals surface area contributed by atoms with Crippen LogP contribution in [-0.2, 0) is 0 Å². The van der Waals surface area contributed by atoms with Crippen molar-refractivity contribution in [1.29, 1.82) is 0 Å². The SMILES string of the molecule is Cc1ccc2nc(-c3ccc(C)c(N=C/C=C\c4ccccc4[N+](=O)[O-])c3)oc2c1. The Bertz CT molecular complexity index is 1300. The number of aromatic nitrogens is 1. The average molecular weight is 397 g/mol. The third kappa shape index (κ3) is 4.03. The summed E-state index contributed by atoms with van der Waals surface area (Å²) >= 11 is 0. The molecule has 30 heavy (non-hydrogen) atoms. The van der Waals surface area contributed by atoms with E-state index >= 15 is 0 Å². The van der Waals surface area contributed by atoms with Gasteiger partial charge in [-0.3, -0.25) is 15.1 Å². The lowest BCUT2D eigenvalue weighted by Crippen LogP contribution is -1.90. The number of nitro groups is 1. The maximum atomic E-state index is 11.1. The summed E-state index contributed by atoms with van der Waals surface area (Å²) in [6.07, 6.45) is 4.99. The number of oxazole rings is 1. The van der Waals surface area contributed by atoms with Gasteiger partial charge >= 0.3 is 0 Å². The van der Waals surface area contributed by atoms with E-state index in [2.05, 4.69) is 9.98 Å². The molecule has 0 N–H and O–H groups in total. The molecule has 0 aliphatic heterocycles. The highest BCUT2D eigenvalue weighted by molar-refractivity contribution is 5.83. The lowest BCUT2D eigenvalue weighted by atomic mass is 10.1. The summed E-state index contributed by atoms with van der Waals surface area (Å²) in [7, 11) is 0. The number of hydrogen-bond acceptors (Lipinski definition) is 5. The van der Waals surface area contributed by atoms with Crippen LogP contribution in [-0.4, -0.2) is 16.1 Å². The van der Waals surface area contributed by atoms with E-state index < -0.39 is 4.92 Å². The number of aryl methyl sites for hydroxylation is 2. The lowest BCUT2D eigenvalue weighted by Gasteiger charge is -2.02. The van der Waals surface area contributed by atoms with E-state index in [1.54, 1.807) is 36.6 Å². The van der Waals surface area contributed by atoms with Crippen molar-refractivity contribution in [2.45, 2.75) is 13.8 Å².